The third kappa shape index (κ3) is 2.81. The molecule has 7 nitrogen and oxygen atoms in total. The van der Waals surface area contributed by atoms with Gasteiger partial charge in [0.05, 0.1) is 23.4 Å². The number of fused-ring (bicyclic) bond motifs is 1. The Labute approximate surface area is 129 Å². The lowest BCUT2D eigenvalue weighted by Crippen LogP contribution is -2.60. The minimum absolute atomic E-state index is 0.105. The molecule has 0 spiro atoms. The molecule has 1 saturated heterocycles. The van der Waals surface area contributed by atoms with Gasteiger partial charge in [-0.3, -0.25) is 9.69 Å². The number of β-lactam (4-membered cyclic amide) rings is 1. The molecule has 0 radical (unpaired) electrons. The summed E-state index contributed by atoms with van der Waals surface area (Å²) in [6.07, 6.45) is 0.331. The SMILES string of the molecule is COC(=O)C=CSC1=C(C(=O)O)N2C(=O)[C@H]([C@@H](C)O)[C@H]2S1. The van der Waals surface area contributed by atoms with Crippen molar-refractivity contribution in [1.82, 2.24) is 4.90 Å². The molecule has 2 heterocycles. The second kappa shape index (κ2) is 6.12. The van der Waals surface area contributed by atoms with E-state index in [0.29, 0.717) is 4.24 Å². The van der Waals surface area contributed by atoms with Crippen LogP contribution in [0.1, 0.15) is 6.92 Å². The van der Waals surface area contributed by atoms with Gasteiger partial charge in [0.1, 0.15) is 5.37 Å². The summed E-state index contributed by atoms with van der Waals surface area (Å²) in [5.74, 6) is -2.76. The first-order valence-electron chi connectivity index (χ1n) is 5.95. The third-order valence-corrected chi connectivity index (χ3v) is 5.46. The first-order valence-corrected chi connectivity index (χ1v) is 7.71. The van der Waals surface area contributed by atoms with Crippen LogP contribution in [0.3, 0.4) is 0 Å². The number of ether oxygens (including phenoxy) is 1. The Morgan fingerprint density at radius 2 is 2.19 bits per heavy atom. The normalized spacial score (nSPS) is 25.9. The van der Waals surface area contributed by atoms with E-state index in [9.17, 15) is 24.6 Å². The zero-order valence-corrected chi connectivity index (χ0v) is 12.8. The van der Waals surface area contributed by atoms with Gasteiger partial charge in [0.15, 0.2) is 5.70 Å². The van der Waals surface area contributed by atoms with E-state index in [1.807, 2.05) is 0 Å². The Morgan fingerprint density at radius 1 is 1.52 bits per heavy atom. The van der Waals surface area contributed by atoms with Crippen LogP contribution in [0.2, 0.25) is 0 Å². The van der Waals surface area contributed by atoms with Crippen LogP contribution in [-0.2, 0) is 19.1 Å². The molecule has 21 heavy (non-hydrogen) atoms. The van der Waals surface area contributed by atoms with E-state index in [4.69, 9.17) is 0 Å². The van der Waals surface area contributed by atoms with Crippen molar-refractivity contribution in [2.45, 2.75) is 18.4 Å². The molecule has 0 aromatic carbocycles. The number of methoxy groups -OCH3 is 1. The second-order valence-electron chi connectivity index (χ2n) is 4.37. The fourth-order valence-electron chi connectivity index (χ4n) is 2.05. The van der Waals surface area contributed by atoms with Gasteiger partial charge < -0.3 is 14.9 Å². The smallest absolute Gasteiger partial charge is 0.354 e. The largest absolute Gasteiger partial charge is 0.477 e. The summed E-state index contributed by atoms with van der Waals surface area (Å²) in [6, 6.07) is 0. The summed E-state index contributed by atoms with van der Waals surface area (Å²) >= 11 is 2.23. The highest BCUT2D eigenvalue weighted by Crippen LogP contribution is 2.53. The standard InChI is InChI=1S/C12H13NO6S2/c1-5(14)7-9(16)13-8(11(17)18)12(21-10(7)13)20-4-3-6(15)19-2/h3-5,7,10,14H,1-2H3,(H,17,18)/t5-,7+,10-/m1/s1. The highest BCUT2D eigenvalue weighted by atomic mass is 32.2. The molecular formula is C12H13NO6S2. The van der Waals surface area contributed by atoms with Crippen LogP contribution in [0.5, 0.6) is 0 Å². The number of aliphatic hydroxyl groups excluding tert-OH is 1. The zero-order valence-electron chi connectivity index (χ0n) is 11.2. The van der Waals surface area contributed by atoms with Crippen LogP contribution in [0.15, 0.2) is 21.4 Å². The fourth-order valence-corrected chi connectivity index (χ4v) is 4.66. The minimum Gasteiger partial charge on any atom is -0.477 e. The van der Waals surface area contributed by atoms with Crippen LogP contribution in [0.4, 0.5) is 0 Å². The maximum atomic E-state index is 11.9. The van der Waals surface area contributed by atoms with Crippen LogP contribution in [0, 0.1) is 5.92 Å². The molecule has 2 aliphatic heterocycles. The Balaban J connectivity index is 2.17. The number of carboxylic acid groups (broad SMARTS) is 1. The lowest BCUT2D eigenvalue weighted by Gasteiger charge is -2.43. The van der Waals surface area contributed by atoms with Gasteiger partial charge in [-0.2, -0.15) is 0 Å². The molecule has 2 N–H and O–H groups in total. The van der Waals surface area contributed by atoms with Crippen molar-refractivity contribution < 1.29 is 29.3 Å². The highest BCUT2D eigenvalue weighted by Gasteiger charge is 2.57. The summed E-state index contributed by atoms with van der Waals surface area (Å²) in [4.78, 5) is 35.4. The summed E-state index contributed by atoms with van der Waals surface area (Å²) in [6.45, 7) is 1.50. The highest BCUT2D eigenvalue weighted by molar-refractivity contribution is 8.24. The molecule has 114 valence electrons. The molecule has 2 rings (SSSR count). The number of amides is 1. The van der Waals surface area contributed by atoms with Gasteiger partial charge in [-0.05, 0) is 12.3 Å². The summed E-state index contributed by atoms with van der Waals surface area (Å²) in [5.41, 5.74) is -0.105. The monoisotopic (exact) mass is 331 g/mol. The summed E-state index contributed by atoms with van der Waals surface area (Å²) in [7, 11) is 1.24. The molecule has 1 fully saturated rings. The van der Waals surface area contributed by atoms with Gasteiger partial charge in [0.2, 0.25) is 5.91 Å². The maximum Gasteiger partial charge on any atom is 0.354 e. The third-order valence-electron chi connectivity index (χ3n) is 3.05. The number of hydrogen-bond acceptors (Lipinski definition) is 7. The zero-order chi connectivity index (χ0) is 15.7. The Bertz CT molecular complexity index is 556. The van der Waals surface area contributed by atoms with E-state index < -0.39 is 35.2 Å². The molecule has 0 aliphatic carbocycles. The van der Waals surface area contributed by atoms with E-state index in [-0.39, 0.29) is 5.70 Å². The van der Waals surface area contributed by atoms with Gasteiger partial charge in [0, 0.05) is 6.08 Å². The van der Waals surface area contributed by atoms with Crippen LogP contribution >= 0.6 is 23.5 Å². The number of hydrogen-bond donors (Lipinski definition) is 2. The Morgan fingerprint density at radius 3 is 2.71 bits per heavy atom. The topological polar surface area (TPSA) is 104 Å². The maximum absolute atomic E-state index is 11.9. The number of esters is 1. The van der Waals surface area contributed by atoms with E-state index in [2.05, 4.69) is 4.74 Å². The summed E-state index contributed by atoms with van der Waals surface area (Å²) < 4.78 is 4.84. The van der Waals surface area contributed by atoms with Crippen molar-refractivity contribution in [3.63, 3.8) is 0 Å². The number of aliphatic hydroxyl groups is 1. The number of carboxylic acids is 1. The molecule has 0 aromatic heterocycles. The van der Waals surface area contributed by atoms with Crippen molar-refractivity contribution in [3.8, 4) is 0 Å². The van der Waals surface area contributed by atoms with Gasteiger partial charge in [-0.1, -0.05) is 23.5 Å². The Kier molecular flexibility index (Phi) is 4.64. The first kappa shape index (κ1) is 15.9. The van der Waals surface area contributed by atoms with Crippen molar-refractivity contribution in [2.24, 2.45) is 5.92 Å². The number of carbonyl (C=O) groups excluding carboxylic acids is 2. The number of aliphatic carboxylic acids is 1. The molecule has 0 saturated carbocycles. The van der Waals surface area contributed by atoms with Gasteiger partial charge in [-0.15, -0.1) is 0 Å². The molecule has 0 aromatic rings. The van der Waals surface area contributed by atoms with Crippen LogP contribution in [-0.4, -0.2) is 51.5 Å². The molecule has 0 bridgehead atoms. The lowest BCUT2D eigenvalue weighted by atomic mass is 9.92. The average Bonchev–Trinajstić information content (AvgIpc) is 2.72. The van der Waals surface area contributed by atoms with Crippen molar-refractivity contribution >= 4 is 41.4 Å². The van der Waals surface area contributed by atoms with Crippen molar-refractivity contribution in [3.05, 3.63) is 21.4 Å². The van der Waals surface area contributed by atoms with Crippen molar-refractivity contribution in [2.75, 3.05) is 7.11 Å². The molecule has 1 amide bonds. The van der Waals surface area contributed by atoms with Gasteiger partial charge in [0.25, 0.3) is 0 Å². The molecule has 9 heteroatoms. The minimum atomic E-state index is -1.21. The molecule has 2 aliphatic rings. The molecule has 3 atom stereocenters. The van der Waals surface area contributed by atoms with E-state index in [0.717, 1.165) is 11.8 Å². The number of carbonyl (C=O) groups is 3. The summed E-state index contributed by atoms with van der Waals surface area (Å²) in [5, 5.41) is 19.8. The quantitative estimate of drug-likeness (QED) is 0.428. The number of nitrogens with zero attached hydrogens (tertiary/aromatic N) is 1. The van der Waals surface area contributed by atoms with Crippen LogP contribution < -0.4 is 0 Å². The lowest BCUT2D eigenvalue weighted by molar-refractivity contribution is -0.156. The van der Waals surface area contributed by atoms with E-state index in [1.165, 1.54) is 42.2 Å². The van der Waals surface area contributed by atoms with Crippen LogP contribution in [0.25, 0.3) is 0 Å². The van der Waals surface area contributed by atoms with Crippen molar-refractivity contribution in [1.29, 1.82) is 0 Å². The van der Waals surface area contributed by atoms with Gasteiger partial charge >= 0.3 is 11.9 Å². The number of rotatable bonds is 5. The Hall–Kier alpha value is -1.45. The molecule has 0 unspecified atom stereocenters. The van der Waals surface area contributed by atoms with E-state index in [1.54, 1.807) is 0 Å². The fraction of sp³-hybridized carbons (Fsp3) is 0.417. The van der Waals surface area contributed by atoms with E-state index >= 15 is 0 Å². The molecular weight excluding hydrogens is 318 g/mol. The number of thioether (sulfide) groups is 2. The predicted octanol–water partition coefficient (Wildman–Crippen LogP) is 0.572. The first-order chi connectivity index (χ1) is 9.88. The average molecular weight is 331 g/mol. The predicted molar refractivity (Wildman–Crippen MR) is 76.8 cm³/mol. The van der Waals surface area contributed by atoms with Gasteiger partial charge in [-0.25, -0.2) is 9.59 Å². The second-order valence-corrected chi connectivity index (χ2v) is 6.67.